The van der Waals surface area contributed by atoms with Crippen molar-refractivity contribution in [2.75, 3.05) is 0 Å². The van der Waals surface area contributed by atoms with Gasteiger partial charge in [0, 0.05) is 10.9 Å². The predicted molar refractivity (Wildman–Crippen MR) is 85.1 cm³/mol. The number of aromatic nitrogens is 1. The van der Waals surface area contributed by atoms with Crippen molar-refractivity contribution in [1.82, 2.24) is 4.98 Å². The van der Waals surface area contributed by atoms with Crippen molar-refractivity contribution in [2.24, 2.45) is 0 Å². The van der Waals surface area contributed by atoms with Crippen molar-refractivity contribution in [2.45, 2.75) is 13.1 Å². The lowest BCUT2D eigenvalue weighted by Gasteiger charge is -2.14. The van der Waals surface area contributed by atoms with E-state index in [9.17, 15) is 22.4 Å². The topological polar surface area (TPSA) is 30.0 Å². The number of nitrogens with zero attached hydrogens (tertiary/aromatic N) is 1. The highest BCUT2D eigenvalue weighted by Gasteiger charge is 2.42. The standard InChI is InChI=1S/C16H8ClF4NOS/c1-7-12(14(23)16(19,20)21)13(8-2-4-9(18)5-3-8)10-6-11(17)24-15(10)22-7/h2-6H,1H3. The van der Waals surface area contributed by atoms with Gasteiger partial charge in [-0.05, 0) is 30.7 Å². The Kier molecular flexibility index (Phi) is 4.09. The minimum atomic E-state index is -5.05. The van der Waals surface area contributed by atoms with Crippen molar-refractivity contribution in [1.29, 1.82) is 0 Å². The molecule has 3 aromatic rings. The second-order valence-electron chi connectivity index (χ2n) is 5.05. The maximum absolute atomic E-state index is 13.2. The molecule has 0 unspecified atom stereocenters. The zero-order valence-electron chi connectivity index (χ0n) is 12.0. The summed E-state index contributed by atoms with van der Waals surface area (Å²) in [6, 6.07) is 6.34. The zero-order valence-corrected chi connectivity index (χ0v) is 13.6. The van der Waals surface area contributed by atoms with Gasteiger partial charge in [-0.15, -0.1) is 11.3 Å². The van der Waals surface area contributed by atoms with Crippen LogP contribution in [0.2, 0.25) is 4.34 Å². The number of Topliss-reactive ketones (excluding diaryl/α,β-unsaturated/α-hetero) is 1. The molecule has 0 amide bonds. The molecule has 0 aliphatic heterocycles. The Morgan fingerprint density at radius 3 is 2.42 bits per heavy atom. The molecule has 0 aliphatic rings. The number of thiophene rings is 1. The molecular formula is C16H8ClF4NOS. The van der Waals surface area contributed by atoms with Crippen LogP contribution in [0.15, 0.2) is 30.3 Å². The summed E-state index contributed by atoms with van der Waals surface area (Å²) >= 11 is 7.05. The molecule has 0 radical (unpaired) electrons. The van der Waals surface area contributed by atoms with E-state index in [1.165, 1.54) is 25.1 Å². The minimum Gasteiger partial charge on any atom is -0.284 e. The van der Waals surface area contributed by atoms with Crippen molar-refractivity contribution in [3.63, 3.8) is 0 Å². The SMILES string of the molecule is Cc1nc2sc(Cl)cc2c(-c2ccc(F)cc2)c1C(=O)C(F)(F)F. The maximum atomic E-state index is 13.2. The van der Waals surface area contributed by atoms with Gasteiger partial charge in [0.2, 0.25) is 0 Å². The first-order valence-electron chi connectivity index (χ1n) is 6.65. The normalized spacial score (nSPS) is 11.9. The number of benzene rings is 1. The third-order valence-electron chi connectivity index (χ3n) is 3.45. The lowest BCUT2D eigenvalue weighted by atomic mass is 9.93. The molecule has 2 heterocycles. The van der Waals surface area contributed by atoms with Crippen molar-refractivity contribution in [3.8, 4) is 11.1 Å². The number of aryl methyl sites for hydroxylation is 1. The Bertz CT molecular complexity index is 947. The van der Waals surface area contributed by atoms with Crippen LogP contribution in [-0.4, -0.2) is 16.9 Å². The number of ketones is 1. The summed E-state index contributed by atoms with van der Waals surface area (Å²) in [7, 11) is 0. The Balaban J connectivity index is 2.42. The van der Waals surface area contributed by atoms with Gasteiger partial charge < -0.3 is 0 Å². The van der Waals surface area contributed by atoms with Crippen LogP contribution in [0.1, 0.15) is 16.1 Å². The number of rotatable bonds is 2. The van der Waals surface area contributed by atoms with Gasteiger partial charge in [-0.2, -0.15) is 13.2 Å². The molecule has 0 saturated heterocycles. The lowest BCUT2D eigenvalue weighted by molar-refractivity contribution is -0.0885. The summed E-state index contributed by atoms with van der Waals surface area (Å²) in [6.07, 6.45) is -5.05. The molecule has 1 aromatic carbocycles. The second-order valence-corrected chi connectivity index (χ2v) is 6.71. The first-order valence-corrected chi connectivity index (χ1v) is 7.85. The van der Waals surface area contributed by atoms with Crippen LogP contribution in [0.5, 0.6) is 0 Å². The van der Waals surface area contributed by atoms with Crippen molar-refractivity contribution < 1.29 is 22.4 Å². The van der Waals surface area contributed by atoms with E-state index in [2.05, 4.69) is 4.98 Å². The first kappa shape index (κ1) is 16.9. The summed E-state index contributed by atoms with van der Waals surface area (Å²) in [6.45, 7) is 1.33. The van der Waals surface area contributed by atoms with Gasteiger partial charge in [0.05, 0.1) is 15.6 Å². The largest absolute Gasteiger partial charge is 0.454 e. The van der Waals surface area contributed by atoms with Crippen molar-refractivity contribution in [3.05, 3.63) is 51.7 Å². The summed E-state index contributed by atoms with van der Waals surface area (Å²) in [5, 5.41) is 0.329. The Hall–Kier alpha value is -1.99. The molecule has 0 fully saturated rings. The van der Waals surface area contributed by atoms with Gasteiger partial charge >= 0.3 is 6.18 Å². The Morgan fingerprint density at radius 1 is 1.21 bits per heavy atom. The Labute approximate surface area is 142 Å². The molecule has 2 nitrogen and oxygen atoms in total. The smallest absolute Gasteiger partial charge is 0.284 e. The number of fused-ring (bicyclic) bond motifs is 1. The minimum absolute atomic E-state index is 0.0531. The van der Waals surface area contributed by atoms with Crippen LogP contribution in [0.25, 0.3) is 21.3 Å². The molecule has 0 bridgehead atoms. The van der Waals surface area contributed by atoms with Gasteiger partial charge in [0.1, 0.15) is 10.6 Å². The average Bonchev–Trinajstić information content (AvgIpc) is 2.85. The second kappa shape index (κ2) is 5.82. The van der Waals surface area contributed by atoms with Gasteiger partial charge in [-0.25, -0.2) is 9.37 Å². The zero-order chi connectivity index (χ0) is 17.6. The molecule has 2 aromatic heterocycles. The number of alkyl halides is 3. The summed E-state index contributed by atoms with van der Waals surface area (Å²) in [5.74, 6) is -2.52. The summed E-state index contributed by atoms with van der Waals surface area (Å²) in [4.78, 5) is 16.4. The van der Waals surface area contributed by atoms with Gasteiger partial charge in [0.15, 0.2) is 0 Å². The summed E-state index contributed by atoms with van der Waals surface area (Å²) in [5.41, 5.74) is -0.254. The first-order chi connectivity index (χ1) is 11.2. The van der Waals surface area contributed by atoms with E-state index in [0.29, 0.717) is 14.6 Å². The van der Waals surface area contributed by atoms with E-state index in [1.54, 1.807) is 0 Å². The number of halogens is 5. The van der Waals surface area contributed by atoms with Crippen LogP contribution in [-0.2, 0) is 0 Å². The Morgan fingerprint density at radius 2 is 1.83 bits per heavy atom. The predicted octanol–water partition coefficient (Wildman–Crippen LogP) is 5.81. The summed E-state index contributed by atoms with van der Waals surface area (Å²) < 4.78 is 52.6. The average molecular weight is 374 g/mol. The van der Waals surface area contributed by atoms with Gasteiger partial charge in [-0.3, -0.25) is 4.79 Å². The molecule has 0 atom stereocenters. The van der Waals surface area contributed by atoms with Crippen LogP contribution < -0.4 is 0 Å². The molecule has 124 valence electrons. The number of pyridine rings is 1. The number of hydrogen-bond acceptors (Lipinski definition) is 3. The molecule has 24 heavy (non-hydrogen) atoms. The molecule has 3 rings (SSSR count). The third-order valence-corrected chi connectivity index (χ3v) is 4.61. The highest BCUT2D eigenvalue weighted by Crippen LogP contribution is 2.40. The van der Waals surface area contributed by atoms with Crippen molar-refractivity contribution >= 4 is 38.9 Å². The number of carbonyl (C=O) groups is 1. The molecule has 0 spiro atoms. The van der Waals surface area contributed by atoms with Crippen LogP contribution >= 0.6 is 22.9 Å². The molecule has 8 heteroatoms. The highest BCUT2D eigenvalue weighted by molar-refractivity contribution is 7.22. The highest BCUT2D eigenvalue weighted by atomic mass is 35.5. The molecule has 0 N–H and O–H groups in total. The number of hydrogen-bond donors (Lipinski definition) is 0. The van der Waals surface area contributed by atoms with E-state index >= 15 is 0 Å². The third kappa shape index (κ3) is 2.89. The van der Waals surface area contributed by atoms with E-state index in [1.807, 2.05) is 0 Å². The van der Waals surface area contributed by atoms with E-state index in [4.69, 9.17) is 11.6 Å². The van der Waals surface area contributed by atoms with E-state index < -0.39 is 23.3 Å². The molecule has 0 saturated carbocycles. The maximum Gasteiger partial charge on any atom is 0.454 e. The van der Waals surface area contributed by atoms with E-state index in [0.717, 1.165) is 23.5 Å². The number of carbonyl (C=O) groups excluding carboxylic acids is 1. The van der Waals surface area contributed by atoms with Gasteiger partial charge in [0.25, 0.3) is 5.78 Å². The van der Waals surface area contributed by atoms with Gasteiger partial charge in [-0.1, -0.05) is 23.7 Å². The monoisotopic (exact) mass is 373 g/mol. The lowest BCUT2D eigenvalue weighted by Crippen LogP contribution is -2.24. The quantitative estimate of drug-likeness (QED) is 0.419. The van der Waals surface area contributed by atoms with E-state index in [-0.39, 0.29) is 16.8 Å². The molecular weight excluding hydrogens is 366 g/mol. The van der Waals surface area contributed by atoms with Crippen LogP contribution in [0.4, 0.5) is 17.6 Å². The molecule has 0 aliphatic carbocycles. The van der Waals surface area contributed by atoms with Crippen LogP contribution in [0.3, 0.4) is 0 Å². The fourth-order valence-electron chi connectivity index (χ4n) is 2.47. The fourth-order valence-corrected chi connectivity index (χ4v) is 3.62. The fraction of sp³-hybridized carbons (Fsp3) is 0.125. The van der Waals surface area contributed by atoms with Crippen LogP contribution in [0, 0.1) is 12.7 Å².